The van der Waals surface area contributed by atoms with Crippen LogP contribution in [0, 0.1) is 11.7 Å². The lowest BCUT2D eigenvalue weighted by atomic mass is 10.2. The van der Waals surface area contributed by atoms with Gasteiger partial charge in [0.1, 0.15) is 12.4 Å². The molecular formula is C20H20FN3O3. The van der Waals surface area contributed by atoms with E-state index < -0.39 is 17.4 Å². The average Bonchev–Trinajstić information content (AvgIpc) is 2.62. The standard InChI is InChI=1S/C20H20FN3O3/c1-13(2)11-24-19(26)16-8-3-4-9-17(16)23(20(24)27)12-18(25)22-15-7-5-6-14(21)10-15/h3-10,13H,11-12H2,1-2H3,(H,22,25). The molecule has 0 saturated heterocycles. The fourth-order valence-electron chi connectivity index (χ4n) is 2.96. The summed E-state index contributed by atoms with van der Waals surface area (Å²) in [5.74, 6) is -0.866. The number of amides is 1. The van der Waals surface area contributed by atoms with Crippen LogP contribution in [0.3, 0.4) is 0 Å². The molecule has 0 aliphatic rings. The molecule has 140 valence electrons. The summed E-state index contributed by atoms with van der Waals surface area (Å²) in [6.45, 7) is 3.78. The number of aromatic nitrogens is 2. The number of anilines is 1. The smallest absolute Gasteiger partial charge is 0.324 e. The molecule has 0 unspecified atom stereocenters. The summed E-state index contributed by atoms with van der Waals surface area (Å²) in [5.41, 5.74) is -0.220. The van der Waals surface area contributed by atoms with Crippen molar-refractivity contribution >= 4 is 22.5 Å². The predicted molar refractivity (Wildman–Crippen MR) is 102 cm³/mol. The van der Waals surface area contributed by atoms with Crippen molar-refractivity contribution < 1.29 is 9.18 Å². The molecule has 1 amide bonds. The molecule has 0 aliphatic carbocycles. The number of carbonyl (C=O) groups is 1. The molecule has 0 bridgehead atoms. The van der Waals surface area contributed by atoms with Gasteiger partial charge in [0.15, 0.2) is 0 Å². The van der Waals surface area contributed by atoms with Crippen molar-refractivity contribution in [2.45, 2.75) is 26.9 Å². The first-order valence-electron chi connectivity index (χ1n) is 8.64. The molecule has 6 nitrogen and oxygen atoms in total. The Bertz CT molecular complexity index is 1120. The molecule has 3 rings (SSSR count). The van der Waals surface area contributed by atoms with Gasteiger partial charge in [-0.3, -0.25) is 18.7 Å². The van der Waals surface area contributed by atoms with Crippen molar-refractivity contribution in [2.24, 2.45) is 5.92 Å². The SMILES string of the molecule is CC(C)Cn1c(=O)c2ccccc2n(CC(=O)Nc2cccc(F)c2)c1=O. The molecule has 0 saturated carbocycles. The Labute approximate surface area is 154 Å². The highest BCUT2D eigenvalue weighted by Gasteiger charge is 2.16. The lowest BCUT2D eigenvalue weighted by Gasteiger charge is -2.15. The summed E-state index contributed by atoms with van der Waals surface area (Å²) in [7, 11) is 0. The van der Waals surface area contributed by atoms with Crippen molar-refractivity contribution in [1.29, 1.82) is 0 Å². The van der Waals surface area contributed by atoms with Crippen molar-refractivity contribution in [1.82, 2.24) is 9.13 Å². The first-order valence-corrected chi connectivity index (χ1v) is 8.64. The van der Waals surface area contributed by atoms with E-state index in [1.54, 1.807) is 30.3 Å². The van der Waals surface area contributed by atoms with Crippen LogP contribution in [0.4, 0.5) is 10.1 Å². The Morgan fingerprint density at radius 3 is 2.52 bits per heavy atom. The summed E-state index contributed by atoms with van der Waals surface area (Å²) in [4.78, 5) is 38.0. The number of para-hydroxylation sites is 1. The molecule has 0 radical (unpaired) electrons. The van der Waals surface area contributed by atoms with E-state index in [1.165, 1.54) is 22.8 Å². The van der Waals surface area contributed by atoms with E-state index in [4.69, 9.17) is 0 Å². The van der Waals surface area contributed by atoms with Crippen LogP contribution in [-0.2, 0) is 17.9 Å². The fraction of sp³-hybridized carbons (Fsp3) is 0.250. The Morgan fingerprint density at radius 1 is 1.07 bits per heavy atom. The maximum absolute atomic E-state index is 13.3. The molecule has 3 aromatic rings. The molecule has 1 N–H and O–H groups in total. The second kappa shape index (κ2) is 7.57. The number of carbonyl (C=O) groups excluding carboxylic acids is 1. The molecule has 0 spiro atoms. The number of hydrogen-bond acceptors (Lipinski definition) is 3. The van der Waals surface area contributed by atoms with Gasteiger partial charge in [0.25, 0.3) is 5.56 Å². The van der Waals surface area contributed by atoms with Gasteiger partial charge in [-0.2, -0.15) is 0 Å². The maximum Gasteiger partial charge on any atom is 0.331 e. The number of rotatable bonds is 5. The van der Waals surface area contributed by atoms with Crippen molar-refractivity contribution in [3.63, 3.8) is 0 Å². The van der Waals surface area contributed by atoms with Crippen LogP contribution >= 0.6 is 0 Å². The van der Waals surface area contributed by atoms with Gasteiger partial charge in [-0.1, -0.05) is 32.0 Å². The molecule has 2 aromatic carbocycles. The second-order valence-corrected chi connectivity index (χ2v) is 6.75. The summed E-state index contributed by atoms with van der Waals surface area (Å²) >= 11 is 0. The third kappa shape index (κ3) is 3.97. The minimum atomic E-state index is -0.540. The largest absolute Gasteiger partial charge is 0.331 e. The van der Waals surface area contributed by atoms with Crippen molar-refractivity contribution in [3.8, 4) is 0 Å². The molecule has 1 aromatic heterocycles. The van der Waals surface area contributed by atoms with Gasteiger partial charge in [0.2, 0.25) is 5.91 Å². The van der Waals surface area contributed by atoms with Crippen molar-refractivity contribution in [2.75, 3.05) is 5.32 Å². The maximum atomic E-state index is 13.3. The molecule has 7 heteroatoms. The number of nitrogens with one attached hydrogen (secondary N) is 1. The quantitative estimate of drug-likeness (QED) is 0.751. The highest BCUT2D eigenvalue weighted by molar-refractivity contribution is 5.91. The summed E-state index contributed by atoms with van der Waals surface area (Å²) in [6, 6.07) is 12.2. The summed E-state index contributed by atoms with van der Waals surface area (Å²) in [5, 5.41) is 2.94. The van der Waals surface area contributed by atoms with Crippen LogP contribution in [0.15, 0.2) is 58.1 Å². The van der Waals surface area contributed by atoms with Gasteiger partial charge in [0, 0.05) is 12.2 Å². The normalized spacial score (nSPS) is 11.1. The van der Waals surface area contributed by atoms with E-state index in [0.29, 0.717) is 16.6 Å². The number of fused-ring (bicyclic) bond motifs is 1. The summed E-state index contributed by atoms with van der Waals surface area (Å²) in [6.07, 6.45) is 0. The van der Waals surface area contributed by atoms with Crippen LogP contribution in [-0.4, -0.2) is 15.0 Å². The molecule has 0 aliphatic heterocycles. The Balaban J connectivity index is 2.03. The fourth-order valence-corrected chi connectivity index (χ4v) is 2.96. The van der Waals surface area contributed by atoms with Gasteiger partial charge >= 0.3 is 5.69 Å². The van der Waals surface area contributed by atoms with Crippen LogP contribution in [0.2, 0.25) is 0 Å². The first kappa shape index (κ1) is 18.6. The molecule has 1 heterocycles. The molecule has 0 fully saturated rings. The third-order valence-corrected chi connectivity index (χ3v) is 4.09. The molecular weight excluding hydrogens is 349 g/mol. The van der Waals surface area contributed by atoms with Gasteiger partial charge in [-0.25, -0.2) is 9.18 Å². The van der Waals surface area contributed by atoms with Crippen LogP contribution in [0.1, 0.15) is 13.8 Å². The Morgan fingerprint density at radius 2 is 1.81 bits per heavy atom. The Hall–Kier alpha value is -3.22. The zero-order valence-electron chi connectivity index (χ0n) is 15.1. The van der Waals surface area contributed by atoms with Gasteiger partial charge < -0.3 is 5.32 Å². The zero-order valence-corrected chi connectivity index (χ0v) is 15.1. The van der Waals surface area contributed by atoms with E-state index in [9.17, 15) is 18.8 Å². The van der Waals surface area contributed by atoms with Crippen molar-refractivity contribution in [3.05, 3.63) is 75.2 Å². The van der Waals surface area contributed by atoms with Gasteiger partial charge in [0.05, 0.1) is 10.9 Å². The monoisotopic (exact) mass is 369 g/mol. The van der Waals surface area contributed by atoms with Crippen LogP contribution in [0.5, 0.6) is 0 Å². The number of benzene rings is 2. The molecule has 0 atom stereocenters. The van der Waals surface area contributed by atoms with E-state index in [-0.39, 0.29) is 24.6 Å². The lowest BCUT2D eigenvalue weighted by molar-refractivity contribution is -0.116. The number of hydrogen-bond donors (Lipinski definition) is 1. The van der Waals surface area contributed by atoms with E-state index >= 15 is 0 Å². The zero-order chi connectivity index (χ0) is 19.6. The van der Waals surface area contributed by atoms with Crippen LogP contribution in [0.25, 0.3) is 10.9 Å². The topological polar surface area (TPSA) is 73.1 Å². The molecule has 27 heavy (non-hydrogen) atoms. The highest BCUT2D eigenvalue weighted by atomic mass is 19.1. The third-order valence-electron chi connectivity index (χ3n) is 4.09. The first-order chi connectivity index (χ1) is 12.9. The number of halogens is 1. The lowest BCUT2D eigenvalue weighted by Crippen LogP contribution is -2.42. The summed E-state index contributed by atoms with van der Waals surface area (Å²) < 4.78 is 15.7. The van der Waals surface area contributed by atoms with E-state index in [0.717, 1.165) is 4.57 Å². The highest BCUT2D eigenvalue weighted by Crippen LogP contribution is 2.11. The van der Waals surface area contributed by atoms with Gasteiger partial charge in [-0.15, -0.1) is 0 Å². The Kier molecular flexibility index (Phi) is 5.21. The van der Waals surface area contributed by atoms with Gasteiger partial charge in [-0.05, 0) is 36.2 Å². The van der Waals surface area contributed by atoms with E-state index in [1.807, 2.05) is 13.8 Å². The van der Waals surface area contributed by atoms with Crippen LogP contribution < -0.4 is 16.6 Å². The number of nitrogens with zero attached hydrogens (tertiary/aromatic N) is 2. The minimum Gasteiger partial charge on any atom is -0.324 e. The van der Waals surface area contributed by atoms with E-state index in [2.05, 4.69) is 5.32 Å². The predicted octanol–water partition coefficient (Wildman–Crippen LogP) is 2.60. The minimum absolute atomic E-state index is 0.0890. The second-order valence-electron chi connectivity index (χ2n) is 6.75. The average molecular weight is 369 g/mol.